The number of nitrogens with zero attached hydrogens (tertiary/aromatic N) is 3. The summed E-state index contributed by atoms with van der Waals surface area (Å²) in [6.45, 7) is 1.99. The van der Waals surface area contributed by atoms with Crippen LogP contribution >= 0.6 is 11.8 Å². The second-order valence-corrected chi connectivity index (χ2v) is 8.67. The molecular formula is C24H20FN5OS. The van der Waals surface area contributed by atoms with E-state index >= 15 is 0 Å². The first-order valence-electron chi connectivity index (χ1n) is 10.2. The highest BCUT2D eigenvalue weighted by molar-refractivity contribution is 8.00. The van der Waals surface area contributed by atoms with Crippen molar-refractivity contribution in [1.82, 2.24) is 14.9 Å². The fourth-order valence-corrected chi connectivity index (χ4v) is 4.68. The van der Waals surface area contributed by atoms with Gasteiger partial charge < -0.3 is 10.7 Å². The topological polar surface area (TPSA) is 71.8 Å². The van der Waals surface area contributed by atoms with Gasteiger partial charge in [0.25, 0.3) is 0 Å². The Bertz CT molecular complexity index is 1240. The predicted octanol–water partition coefficient (Wildman–Crippen LogP) is 4.79. The number of aryl methyl sites for hydroxylation is 1. The molecule has 0 saturated heterocycles. The standard InChI is InChI=1S/C24H20FN5OS/c1-15-7-13-19(14-8-15)26-23(31)21-20(16-9-11-18(25)12-10-16)29-30-22(27-28-24(30)32-21)17-5-3-2-4-6-17/h2-14,20-21,29H,1H3,(H,26,31)/t20-,21-/m1/s1. The second-order valence-electron chi connectivity index (χ2n) is 7.56. The van der Waals surface area contributed by atoms with Gasteiger partial charge in [-0.05, 0) is 36.8 Å². The molecule has 0 fully saturated rings. The van der Waals surface area contributed by atoms with Crippen molar-refractivity contribution in [2.24, 2.45) is 0 Å². The number of nitrogens with one attached hydrogen (secondary N) is 2. The van der Waals surface area contributed by atoms with Crippen LogP contribution in [0.25, 0.3) is 11.4 Å². The molecule has 6 nitrogen and oxygen atoms in total. The van der Waals surface area contributed by atoms with Crippen molar-refractivity contribution >= 4 is 23.4 Å². The van der Waals surface area contributed by atoms with Crippen LogP contribution in [0, 0.1) is 12.7 Å². The van der Waals surface area contributed by atoms with Gasteiger partial charge in [-0.2, -0.15) is 0 Å². The minimum Gasteiger partial charge on any atom is -0.325 e. The lowest BCUT2D eigenvalue weighted by Gasteiger charge is -2.33. The van der Waals surface area contributed by atoms with Crippen molar-refractivity contribution in [3.8, 4) is 11.4 Å². The molecule has 1 aliphatic rings. The van der Waals surface area contributed by atoms with Crippen LogP contribution in [0.3, 0.4) is 0 Å². The summed E-state index contributed by atoms with van der Waals surface area (Å²) in [4.78, 5) is 13.3. The minimum absolute atomic E-state index is 0.170. The largest absolute Gasteiger partial charge is 0.325 e. The number of aromatic nitrogens is 3. The van der Waals surface area contributed by atoms with Gasteiger partial charge in [-0.3, -0.25) is 4.79 Å². The van der Waals surface area contributed by atoms with Crippen LogP contribution in [0.1, 0.15) is 17.2 Å². The Hall–Kier alpha value is -3.65. The van der Waals surface area contributed by atoms with Gasteiger partial charge in [-0.25, -0.2) is 9.07 Å². The van der Waals surface area contributed by atoms with Crippen LogP contribution in [-0.4, -0.2) is 26.0 Å². The molecule has 1 aromatic heterocycles. The summed E-state index contributed by atoms with van der Waals surface area (Å²) in [5, 5.41) is 11.7. The Morgan fingerprint density at radius 1 is 1.00 bits per heavy atom. The molecular weight excluding hydrogens is 425 g/mol. The van der Waals surface area contributed by atoms with Crippen LogP contribution in [-0.2, 0) is 4.79 Å². The number of thioether (sulfide) groups is 1. The van der Waals surface area contributed by atoms with E-state index in [1.807, 2.05) is 61.5 Å². The molecule has 1 amide bonds. The zero-order chi connectivity index (χ0) is 22.1. The Morgan fingerprint density at radius 3 is 2.44 bits per heavy atom. The number of anilines is 1. The van der Waals surface area contributed by atoms with E-state index in [4.69, 9.17) is 0 Å². The number of rotatable bonds is 4. The fraction of sp³-hybridized carbons (Fsp3) is 0.125. The molecule has 32 heavy (non-hydrogen) atoms. The Kier molecular flexibility index (Phi) is 5.36. The molecule has 4 aromatic rings. The number of carbonyl (C=O) groups is 1. The lowest BCUT2D eigenvalue weighted by Crippen LogP contribution is -2.41. The highest BCUT2D eigenvalue weighted by Crippen LogP contribution is 2.39. The van der Waals surface area contributed by atoms with E-state index in [9.17, 15) is 9.18 Å². The first-order valence-corrected chi connectivity index (χ1v) is 11.0. The Balaban J connectivity index is 1.50. The molecule has 8 heteroatoms. The molecule has 0 aliphatic carbocycles. The molecule has 2 N–H and O–H groups in total. The van der Waals surface area contributed by atoms with Crippen molar-refractivity contribution in [2.45, 2.75) is 23.4 Å². The van der Waals surface area contributed by atoms with Gasteiger partial charge in [-0.15, -0.1) is 10.2 Å². The molecule has 0 bridgehead atoms. The highest BCUT2D eigenvalue weighted by atomic mass is 32.2. The van der Waals surface area contributed by atoms with Crippen molar-refractivity contribution < 1.29 is 9.18 Å². The lowest BCUT2D eigenvalue weighted by atomic mass is 10.0. The summed E-state index contributed by atoms with van der Waals surface area (Å²) in [5.74, 6) is 0.154. The zero-order valence-corrected chi connectivity index (χ0v) is 18.0. The number of amides is 1. The van der Waals surface area contributed by atoms with E-state index in [-0.39, 0.29) is 11.7 Å². The van der Waals surface area contributed by atoms with Gasteiger partial charge in [0.2, 0.25) is 11.1 Å². The van der Waals surface area contributed by atoms with E-state index < -0.39 is 11.3 Å². The molecule has 2 heterocycles. The van der Waals surface area contributed by atoms with Gasteiger partial charge in [0.1, 0.15) is 11.1 Å². The van der Waals surface area contributed by atoms with Crippen molar-refractivity contribution in [2.75, 3.05) is 10.7 Å². The first-order chi connectivity index (χ1) is 15.6. The van der Waals surface area contributed by atoms with Gasteiger partial charge in [0.05, 0.1) is 6.04 Å². The average Bonchev–Trinajstić information content (AvgIpc) is 3.24. The van der Waals surface area contributed by atoms with Crippen molar-refractivity contribution in [3.05, 3.63) is 95.8 Å². The van der Waals surface area contributed by atoms with E-state index in [0.29, 0.717) is 11.0 Å². The second kappa shape index (κ2) is 8.47. The molecule has 0 spiro atoms. The number of halogens is 1. The molecule has 0 saturated carbocycles. The zero-order valence-electron chi connectivity index (χ0n) is 17.2. The number of benzene rings is 3. The van der Waals surface area contributed by atoms with Gasteiger partial charge in [0.15, 0.2) is 5.82 Å². The van der Waals surface area contributed by atoms with Gasteiger partial charge >= 0.3 is 0 Å². The van der Waals surface area contributed by atoms with Crippen LogP contribution in [0.15, 0.2) is 84.0 Å². The highest BCUT2D eigenvalue weighted by Gasteiger charge is 2.38. The molecule has 1 aliphatic heterocycles. The van der Waals surface area contributed by atoms with Gasteiger partial charge in [-0.1, -0.05) is 71.9 Å². The number of fused-ring (bicyclic) bond motifs is 1. The maximum absolute atomic E-state index is 13.6. The summed E-state index contributed by atoms with van der Waals surface area (Å²) < 4.78 is 15.4. The SMILES string of the molecule is Cc1ccc(NC(=O)[C@@H]2Sc3nnc(-c4ccccc4)n3N[C@@H]2c2ccc(F)cc2)cc1. The normalized spacial score (nSPS) is 17.3. The lowest BCUT2D eigenvalue weighted by molar-refractivity contribution is -0.116. The van der Waals surface area contributed by atoms with E-state index in [2.05, 4.69) is 20.9 Å². The predicted molar refractivity (Wildman–Crippen MR) is 123 cm³/mol. The smallest absolute Gasteiger partial charge is 0.240 e. The molecule has 3 aromatic carbocycles. The fourth-order valence-electron chi connectivity index (χ4n) is 3.60. The third kappa shape index (κ3) is 3.97. The van der Waals surface area contributed by atoms with Crippen molar-refractivity contribution in [3.63, 3.8) is 0 Å². The van der Waals surface area contributed by atoms with Crippen LogP contribution in [0.5, 0.6) is 0 Å². The Labute approximate surface area is 188 Å². The summed E-state index contributed by atoms with van der Waals surface area (Å²) in [7, 11) is 0. The number of carbonyl (C=O) groups excluding carboxylic acids is 1. The Morgan fingerprint density at radius 2 is 1.72 bits per heavy atom. The summed E-state index contributed by atoms with van der Waals surface area (Å²) >= 11 is 1.33. The monoisotopic (exact) mass is 445 g/mol. The third-order valence-corrected chi connectivity index (χ3v) is 6.49. The number of hydrogen-bond acceptors (Lipinski definition) is 5. The van der Waals surface area contributed by atoms with Gasteiger partial charge in [0, 0.05) is 11.3 Å². The molecule has 5 rings (SSSR count). The number of hydrogen-bond donors (Lipinski definition) is 2. The maximum atomic E-state index is 13.6. The summed E-state index contributed by atoms with van der Waals surface area (Å²) in [6.07, 6.45) is 0. The van der Waals surface area contributed by atoms with Crippen molar-refractivity contribution in [1.29, 1.82) is 0 Å². The summed E-state index contributed by atoms with van der Waals surface area (Å²) in [5.41, 5.74) is 6.92. The quantitative estimate of drug-likeness (QED) is 0.473. The van der Waals surface area contributed by atoms with E-state index in [1.165, 1.54) is 23.9 Å². The van der Waals surface area contributed by atoms with Crippen LogP contribution < -0.4 is 10.7 Å². The third-order valence-electron chi connectivity index (χ3n) is 5.28. The average molecular weight is 446 g/mol. The molecule has 0 unspecified atom stereocenters. The molecule has 160 valence electrons. The summed E-state index contributed by atoms with van der Waals surface area (Å²) in [6, 6.07) is 23.1. The van der Waals surface area contributed by atoms with Crippen LogP contribution in [0.2, 0.25) is 0 Å². The molecule has 2 atom stereocenters. The van der Waals surface area contributed by atoms with E-state index in [0.717, 1.165) is 22.4 Å². The molecule has 0 radical (unpaired) electrons. The maximum Gasteiger partial charge on any atom is 0.240 e. The van der Waals surface area contributed by atoms with E-state index in [1.54, 1.807) is 16.8 Å². The van der Waals surface area contributed by atoms with Crippen LogP contribution in [0.4, 0.5) is 10.1 Å². The minimum atomic E-state index is -0.540. The first kappa shape index (κ1) is 20.3.